The Bertz CT molecular complexity index is 1620. The minimum atomic E-state index is -1.16. The van der Waals surface area contributed by atoms with Crippen LogP contribution in [-0.4, -0.2) is 59.8 Å². The SMILES string of the molecule is CC(C)C(C(=O)NC1C(=O)NC(Cc2c[nH]c3ccccc23)C(=O)N/C=C\c2ccc(cc2)OC1c1ccccc1)N(C)C. The summed E-state index contributed by atoms with van der Waals surface area (Å²) in [4.78, 5) is 46.8. The van der Waals surface area contributed by atoms with Crippen molar-refractivity contribution >= 4 is 34.7 Å². The molecule has 4 atom stereocenters. The summed E-state index contributed by atoms with van der Waals surface area (Å²) in [5.41, 5.74) is 3.38. The van der Waals surface area contributed by atoms with E-state index in [9.17, 15) is 14.4 Å². The van der Waals surface area contributed by atoms with Gasteiger partial charge in [0.2, 0.25) is 17.7 Å². The van der Waals surface area contributed by atoms with Crippen LogP contribution >= 0.6 is 0 Å². The van der Waals surface area contributed by atoms with Gasteiger partial charge in [-0.25, -0.2) is 0 Å². The Kier molecular flexibility index (Phi) is 9.45. The van der Waals surface area contributed by atoms with E-state index in [4.69, 9.17) is 4.74 Å². The van der Waals surface area contributed by atoms with Crippen molar-refractivity contribution in [1.82, 2.24) is 25.8 Å². The van der Waals surface area contributed by atoms with Gasteiger partial charge in [0.05, 0.1) is 6.04 Å². The highest BCUT2D eigenvalue weighted by Gasteiger charge is 2.38. The molecule has 9 heteroatoms. The van der Waals surface area contributed by atoms with Gasteiger partial charge in [-0.05, 0) is 61.0 Å². The quantitative estimate of drug-likeness (QED) is 0.257. The molecular formula is C35H39N5O4. The van der Waals surface area contributed by atoms with Gasteiger partial charge in [-0.2, -0.15) is 0 Å². The number of H-pyrrole nitrogens is 1. The highest BCUT2D eigenvalue weighted by Crippen LogP contribution is 2.27. The molecule has 0 aliphatic carbocycles. The molecule has 0 saturated carbocycles. The van der Waals surface area contributed by atoms with Crippen molar-refractivity contribution in [1.29, 1.82) is 0 Å². The Hall–Kier alpha value is -4.89. The molecule has 2 aliphatic heterocycles. The summed E-state index contributed by atoms with van der Waals surface area (Å²) in [6.07, 6.45) is 4.53. The summed E-state index contributed by atoms with van der Waals surface area (Å²) in [6, 6.07) is 21.9. The molecule has 2 aliphatic rings. The van der Waals surface area contributed by atoms with Gasteiger partial charge in [0, 0.05) is 29.7 Å². The molecule has 4 unspecified atom stereocenters. The van der Waals surface area contributed by atoms with Crippen molar-refractivity contribution in [2.75, 3.05) is 14.1 Å². The number of hydrogen-bond donors (Lipinski definition) is 4. The molecule has 228 valence electrons. The first-order valence-corrected chi connectivity index (χ1v) is 14.8. The number of carbonyl (C=O) groups is 3. The molecule has 3 heterocycles. The van der Waals surface area contributed by atoms with Gasteiger partial charge in [0.25, 0.3) is 0 Å². The average molecular weight is 594 g/mol. The summed E-state index contributed by atoms with van der Waals surface area (Å²) >= 11 is 0. The lowest BCUT2D eigenvalue weighted by atomic mass is 9.97. The number of carbonyl (C=O) groups excluding carboxylic acids is 3. The number of nitrogens with zero attached hydrogens (tertiary/aromatic N) is 1. The number of para-hydroxylation sites is 1. The normalized spacial score (nSPS) is 20.5. The summed E-state index contributed by atoms with van der Waals surface area (Å²) in [5, 5.41) is 9.76. The highest BCUT2D eigenvalue weighted by atomic mass is 16.5. The standard InChI is InChI=1S/C35H39N5O4/c1-22(2)31(40(3)4)35(43)39-30-32(24-10-6-5-7-11-24)44-26-16-14-23(15-17-26)18-19-36-33(41)29(38-34(30)42)20-25-21-37-28-13-9-8-12-27(25)28/h5-19,21-22,29-32,37H,20H2,1-4H3,(H,36,41)(H,38,42)(H,39,43)/b19-18-. The molecular weight excluding hydrogens is 554 g/mol. The molecule has 0 saturated heterocycles. The molecule has 4 N–H and O–H groups in total. The maximum atomic E-state index is 14.3. The Labute approximate surface area is 257 Å². The number of amides is 3. The van der Waals surface area contributed by atoms with Gasteiger partial charge in [-0.15, -0.1) is 0 Å². The van der Waals surface area contributed by atoms with Crippen LogP contribution in [0.5, 0.6) is 5.75 Å². The molecule has 1 aromatic heterocycles. The lowest BCUT2D eigenvalue weighted by Crippen LogP contribution is -2.59. The fraction of sp³-hybridized carbons (Fsp3) is 0.286. The molecule has 0 fully saturated rings. The van der Waals surface area contributed by atoms with Gasteiger partial charge in [0.1, 0.15) is 17.8 Å². The number of benzene rings is 3. The van der Waals surface area contributed by atoms with Gasteiger partial charge < -0.3 is 25.7 Å². The van der Waals surface area contributed by atoms with Crippen LogP contribution in [0.4, 0.5) is 0 Å². The van der Waals surface area contributed by atoms with Crippen LogP contribution in [0.1, 0.15) is 36.6 Å². The number of aromatic nitrogens is 1. The summed E-state index contributed by atoms with van der Waals surface area (Å²) in [7, 11) is 3.67. The number of aromatic amines is 1. The third kappa shape index (κ3) is 7.01. The molecule has 9 nitrogen and oxygen atoms in total. The van der Waals surface area contributed by atoms with Crippen LogP contribution in [0.15, 0.2) is 91.3 Å². The monoisotopic (exact) mass is 593 g/mol. The molecule has 44 heavy (non-hydrogen) atoms. The first-order valence-electron chi connectivity index (χ1n) is 14.8. The van der Waals surface area contributed by atoms with E-state index in [1.165, 1.54) is 0 Å². The van der Waals surface area contributed by atoms with Gasteiger partial charge in [0.15, 0.2) is 6.10 Å². The molecule has 3 amide bonds. The average Bonchev–Trinajstić information content (AvgIpc) is 3.41. The van der Waals surface area contributed by atoms with Crippen molar-refractivity contribution < 1.29 is 19.1 Å². The molecule has 4 aromatic rings. The maximum Gasteiger partial charge on any atom is 0.247 e. The third-order valence-corrected chi connectivity index (χ3v) is 7.84. The molecule has 6 rings (SSSR count). The van der Waals surface area contributed by atoms with Crippen LogP contribution in [0, 0.1) is 5.92 Å². The van der Waals surface area contributed by atoms with Crippen molar-refractivity contribution in [3.63, 3.8) is 0 Å². The van der Waals surface area contributed by atoms with Crippen LogP contribution in [0.3, 0.4) is 0 Å². The zero-order valence-corrected chi connectivity index (χ0v) is 25.4. The molecule has 0 spiro atoms. The number of hydrogen-bond acceptors (Lipinski definition) is 5. The van der Waals surface area contributed by atoms with E-state index in [-0.39, 0.29) is 24.2 Å². The number of nitrogens with one attached hydrogen (secondary N) is 4. The van der Waals surface area contributed by atoms with Gasteiger partial charge in [-0.1, -0.05) is 74.5 Å². The number of likely N-dealkylation sites (N-methyl/N-ethyl adjacent to an activating group) is 1. The summed E-state index contributed by atoms with van der Waals surface area (Å²) < 4.78 is 6.49. The second kappa shape index (κ2) is 13.6. The minimum Gasteiger partial charge on any atom is -0.483 e. The summed E-state index contributed by atoms with van der Waals surface area (Å²) in [5.74, 6) is -0.725. The van der Waals surface area contributed by atoms with E-state index in [0.29, 0.717) is 11.3 Å². The Morgan fingerprint density at radius 2 is 1.64 bits per heavy atom. The van der Waals surface area contributed by atoms with Crippen LogP contribution in [-0.2, 0) is 20.8 Å². The third-order valence-electron chi connectivity index (χ3n) is 7.84. The first-order chi connectivity index (χ1) is 21.2. The van der Waals surface area contributed by atoms with Gasteiger partial charge >= 0.3 is 0 Å². The second-order valence-corrected chi connectivity index (χ2v) is 11.6. The Balaban J connectivity index is 1.58. The zero-order chi connectivity index (χ0) is 31.2. The fourth-order valence-electron chi connectivity index (χ4n) is 5.74. The number of ether oxygens (including phenoxy) is 1. The van der Waals surface area contributed by atoms with Gasteiger partial charge in [-0.3, -0.25) is 19.3 Å². The second-order valence-electron chi connectivity index (χ2n) is 11.6. The molecule has 3 aromatic carbocycles. The summed E-state index contributed by atoms with van der Waals surface area (Å²) in [6.45, 7) is 3.92. The number of rotatable bonds is 7. The predicted octanol–water partition coefficient (Wildman–Crippen LogP) is 4.19. The van der Waals surface area contributed by atoms with E-state index in [2.05, 4.69) is 20.9 Å². The van der Waals surface area contributed by atoms with Crippen molar-refractivity contribution in [2.24, 2.45) is 5.92 Å². The lowest BCUT2D eigenvalue weighted by molar-refractivity contribution is -0.136. The highest BCUT2D eigenvalue weighted by molar-refractivity contribution is 5.94. The van der Waals surface area contributed by atoms with Crippen molar-refractivity contribution in [2.45, 2.75) is 44.5 Å². The predicted molar refractivity (Wildman–Crippen MR) is 172 cm³/mol. The van der Waals surface area contributed by atoms with Crippen LogP contribution < -0.4 is 20.7 Å². The Morgan fingerprint density at radius 3 is 2.34 bits per heavy atom. The van der Waals surface area contributed by atoms with E-state index < -0.39 is 30.1 Å². The van der Waals surface area contributed by atoms with Crippen LogP contribution in [0.25, 0.3) is 17.0 Å². The molecule has 0 radical (unpaired) electrons. The minimum absolute atomic E-state index is 0.0256. The van der Waals surface area contributed by atoms with Crippen molar-refractivity contribution in [3.8, 4) is 5.75 Å². The van der Waals surface area contributed by atoms with E-state index in [0.717, 1.165) is 22.0 Å². The lowest BCUT2D eigenvalue weighted by Gasteiger charge is -2.33. The van der Waals surface area contributed by atoms with Crippen molar-refractivity contribution in [3.05, 3.63) is 108 Å². The van der Waals surface area contributed by atoms with E-state index >= 15 is 0 Å². The number of fused-ring (bicyclic) bond motifs is 11. The smallest absolute Gasteiger partial charge is 0.247 e. The van der Waals surface area contributed by atoms with E-state index in [1.54, 1.807) is 24.4 Å². The topological polar surface area (TPSA) is 116 Å². The fourth-order valence-corrected chi connectivity index (χ4v) is 5.74. The molecule has 2 bridgehead atoms. The Morgan fingerprint density at radius 1 is 0.932 bits per heavy atom. The zero-order valence-electron chi connectivity index (χ0n) is 25.4. The van der Waals surface area contributed by atoms with Crippen LogP contribution in [0.2, 0.25) is 0 Å². The first kappa shape index (κ1) is 30.6. The maximum absolute atomic E-state index is 14.3. The van der Waals surface area contributed by atoms with E-state index in [1.807, 2.05) is 106 Å². The largest absolute Gasteiger partial charge is 0.483 e.